The molecule has 1 N–H and O–H groups in total. The van der Waals surface area contributed by atoms with E-state index in [2.05, 4.69) is 4.74 Å². The lowest BCUT2D eigenvalue weighted by atomic mass is 9.77. The summed E-state index contributed by atoms with van der Waals surface area (Å²) < 4.78 is 17.9. The van der Waals surface area contributed by atoms with Gasteiger partial charge in [0.1, 0.15) is 5.82 Å². The van der Waals surface area contributed by atoms with Gasteiger partial charge < -0.3 is 9.84 Å². The number of ether oxygens (including phenoxy) is 1. The van der Waals surface area contributed by atoms with Crippen molar-refractivity contribution in [2.24, 2.45) is 0 Å². The van der Waals surface area contributed by atoms with E-state index in [0.717, 1.165) is 12.0 Å². The number of esters is 1. The Kier molecular flexibility index (Phi) is 4.57. The highest BCUT2D eigenvalue weighted by atomic mass is 19.1. The zero-order chi connectivity index (χ0) is 18.0. The van der Waals surface area contributed by atoms with Crippen LogP contribution in [-0.4, -0.2) is 24.2 Å². The summed E-state index contributed by atoms with van der Waals surface area (Å²) in [6.45, 7) is 0. The van der Waals surface area contributed by atoms with E-state index < -0.39 is 17.4 Å². The number of hydrogen-bond donors (Lipinski definition) is 1. The summed E-state index contributed by atoms with van der Waals surface area (Å²) in [5, 5.41) is 9.85. The van der Waals surface area contributed by atoms with Crippen LogP contribution in [0.15, 0.2) is 48.5 Å². The molecule has 0 bridgehead atoms. The maximum absolute atomic E-state index is 13.2. The van der Waals surface area contributed by atoms with Crippen molar-refractivity contribution in [1.82, 2.24) is 0 Å². The summed E-state index contributed by atoms with van der Waals surface area (Å²) in [5.41, 5.74) is 1.10. The standard InChI is InChI=1S/C20H19FO4/c1-25-18(22)14-4-2-13(3-5-14)15-10-11-20(12-15,19(23)24)16-6-8-17(21)9-7-16/h2-9,15H,10-12H2,1H3,(H,23,24)/t15-,20+/m0/s1. The van der Waals surface area contributed by atoms with Gasteiger partial charge in [-0.15, -0.1) is 0 Å². The third-order valence-corrected chi connectivity index (χ3v) is 5.12. The molecule has 1 aliphatic rings. The molecule has 5 heteroatoms. The van der Waals surface area contributed by atoms with E-state index in [-0.39, 0.29) is 11.7 Å². The number of carbonyl (C=O) groups excluding carboxylic acids is 1. The monoisotopic (exact) mass is 342 g/mol. The molecule has 1 saturated carbocycles. The smallest absolute Gasteiger partial charge is 0.337 e. The van der Waals surface area contributed by atoms with Gasteiger partial charge in [-0.1, -0.05) is 24.3 Å². The number of carbonyl (C=O) groups is 2. The molecule has 0 aromatic heterocycles. The predicted octanol–water partition coefficient (Wildman–Crippen LogP) is 3.90. The summed E-state index contributed by atoms with van der Waals surface area (Å²) in [6.07, 6.45) is 1.67. The van der Waals surface area contributed by atoms with Crippen LogP contribution >= 0.6 is 0 Å². The maximum atomic E-state index is 13.2. The van der Waals surface area contributed by atoms with Gasteiger partial charge in [-0.25, -0.2) is 9.18 Å². The minimum atomic E-state index is -1.00. The van der Waals surface area contributed by atoms with Crippen molar-refractivity contribution >= 4 is 11.9 Å². The maximum Gasteiger partial charge on any atom is 0.337 e. The fourth-order valence-electron chi connectivity index (χ4n) is 3.69. The Morgan fingerprint density at radius 3 is 2.32 bits per heavy atom. The molecule has 1 aliphatic carbocycles. The second kappa shape index (κ2) is 6.67. The number of rotatable bonds is 4. The highest BCUT2D eigenvalue weighted by Gasteiger charge is 2.47. The predicted molar refractivity (Wildman–Crippen MR) is 90.1 cm³/mol. The molecule has 0 amide bonds. The second-order valence-corrected chi connectivity index (χ2v) is 6.45. The third-order valence-electron chi connectivity index (χ3n) is 5.12. The molecule has 0 saturated heterocycles. The van der Waals surface area contributed by atoms with Crippen LogP contribution in [0.25, 0.3) is 0 Å². The summed E-state index contributed by atoms with van der Waals surface area (Å²) in [5.74, 6) is -1.58. The van der Waals surface area contributed by atoms with E-state index >= 15 is 0 Å². The van der Waals surface area contributed by atoms with Gasteiger partial charge in [0.2, 0.25) is 0 Å². The average molecular weight is 342 g/mol. The average Bonchev–Trinajstić information content (AvgIpc) is 3.08. The van der Waals surface area contributed by atoms with Gasteiger partial charge in [-0.2, -0.15) is 0 Å². The van der Waals surface area contributed by atoms with Crippen molar-refractivity contribution in [2.75, 3.05) is 7.11 Å². The van der Waals surface area contributed by atoms with Gasteiger partial charge in [0, 0.05) is 0 Å². The van der Waals surface area contributed by atoms with Crippen molar-refractivity contribution in [2.45, 2.75) is 30.6 Å². The number of aliphatic carboxylic acids is 1. The van der Waals surface area contributed by atoms with Crippen molar-refractivity contribution in [3.05, 3.63) is 71.0 Å². The minimum Gasteiger partial charge on any atom is -0.481 e. The van der Waals surface area contributed by atoms with Crippen LogP contribution in [0, 0.1) is 5.82 Å². The van der Waals surface area contributed by atoms with Crippen molar-refractivity contribution in [3.8, 4) is 0 Å². The minimum absolute atomic E-state index is 0.0767. The van der Waals surface area contributed by atoms with E-state index in [1.165, 1.54) is 19.2 Å². The first-order chi connectivity index (χ1) is 12.0. The Morgan fingerprint density at radius 2 is 1.76 bits per heavy atom. The summed E-state index contributed by atoms with van der Waals surface area (Å²) in [4.78, 5) is 23.5. The number of halogens is 1. The Balaban J connectivity index is 1.86. The van der Waals surface area contributed by atoms with Gasteiger partial charge in [0.15, 0.2) is 0 Å². The fraction of sp³-hybridized carbons (Fsp3) is 0.300. The lowest BCUT2D eigenvalue weighted by Gasteiger charge is -2.25. The molecule has 1 fully saturated rings. The number of carboxylic acids is 1. The van der Waals surface area contributed by atoms with Crippen molar-refractivity contribution in [1.29, 1.82) is 0 Å². The molecule has 0 radical (unpaired) electrons. The largest absolute Gasteiger partial charge is 0.481 e. The van der Waals surface area contributed by atoms with E-state index in [1.807, 2.05) is 12.1 Å². The van der Waals surface area contributed by atoms with E-state index in [0.29, 0.717) is 24.0 Å². The highest BCUT2D eigenvalue weighted by Crippen LogP contribution is 2.48. The lowest BCUT2D eigenvalue weighted by Crippen LogP contribution is -2.33. The van der Waals surface area contributed by atoms with Gasteiger partial charge >= 0.3 is 11.9 Å². The summed E-state index contributed by atoms with van der Waals surface area (Å²) in [6, 6.07) is 12.8. The molecule has 2 aromatic carbocycles. The van der Waals surface area contributed by atoms with Gasteiger partial charge in [0.25, 0.3) is 0 Å². The molecular weight excluding hydrogens is 323 g/mol. The quantitative estimate of drug-likeness (QED) is 0.856. The third kappa shape index (κ3) is 3.14. The van der Waals surface area contributed by atoms with E-state index in [4.69, 9.17) is 0 Å². The Bertz CT molecular complexity index is 782. The molecule has 2 aromatic rings. The number of benzene rings is 2. The van der Waals surface area contributed by atoms with Crippen molar-refractivity contribution < 1.29 is 23.8 Å². The molecular formula is C20H19FO4. The Labute approximate surface area is 145 Å². The molecule has 3 rings (SSSR count). The molecule has 4 nitrogen and oxygen atoms in total. The topological polar surface area (TPSA) is 63.6 Å². The molecule has 2 atom stereocenters. The summed E-state index contributed by atoms with van der Waals surface area (Å²) in [7, 11) is 1.33. The number of carboxylic acid groups (broad SMARTS) is 1. The molecule has 0 heterocycles. The van der Waals surface area contributed by atoms with Crippen LogP contribution in [0.5, 0.6) is 0 Å². The van der Waals surface area contributed by atoms with Crippen LogP contribution in [0.3, 0.4) is 0 Å². The van der Waals surface area contributed by atoms with Gasteiger partial charge in [0.05, 0.1) is 18.1 Å². The van der Waals surface area contributed by atoms with E-state index in [9.17, 15) is 19.1 Å². The fourth-order valence-corrected chi connectivity index (χ4v) is 3.69. The zero-order valence-corrected chi connectivity index (χ0v) is 13.9. The zero-order valence-electron chi connectivity index (χ0n) is 13.9. The summed E-state index contributed by atoms with van der Waals surface area (Å²) >= 11 is 0. The normalized spacial score (nSPS) is 22.6. The Morgan fingerprint density at radius 1 is 1.12 bits per heavy atom. The van der Waals surface area contributed by atoms with Crippen molar-refractivity contribution in [3.63, 3.8) is 0 Å². The molecule has 0 unspecified atom stereocenters. The first kappa shape index (κ1) is 17.1. The highest BCUT2D eigenvalue weighted by molar-refractivity contribution is 5.89. The van der Waals surface area contributed by atoms with Gasteiger partial charge in [-0.3, -0.25) is 4.79 Å². The number of hydrogen-bond acceptors (Lipinski definition) is 3. The van der Waals surface area contributed by atoms with Gasteiger partial charge in [-0.05, 0) is 60.6 Å². The first-order valence-corrected chi connectivity index (χ1v) is 8.14. The van der Waals surface area contributed by atoms with E-state index in [1.54, 1.807) is 24.3 Å². The van der Waals surface area contributed by atoms with Crippen LogP contribution in [0.1, 0.15) is 46.7 Å². The molecule has 130 valence electrons. The first-order valence-electron chi connectivity index (χ1n) is 8.14. The Hall–Kier alpha value is -2.69. The SMILES string of the molecule is COC(=O)c1ccc([C@H]2CC[C@](C(=O)O)(c3ccc(F)cc3)C2)cc1. The van der Waals surface area contributed by atoms with Crippen LogP contribution in [-0.2, 0) is 14.9 Å². The molecule has 25 heavy (non-hydrogen) atoms. The van der Waals surface area contributed by atoms with Crippen LogP contribution in [0.2, 0.25) is 0 Å². The second-order valence-electron chi connectivity index (χ2n) is 6.45. The molecule has 0 spiro atoms. The lowest BCUT2D eigenvalue weighted by molar-refractivity contribution is -0.143. The number of methoxy groups -OCH3 is 1. The molecule has 0 aliphatic heterocycles. The van der Waals surface area contributed by atoms with Crippen LogP contribution in [0.4, 0.5) is 4.39 Å². The van der Waals surface area contributed by atoms with Crippen LogP contribution < -0.4 is 0 Å².